The summed E-state index contributed by atoms with van der Waals surface area (Å²) in [6.45, 7) is 4.00. The third-order valence-corrected chi connectivity index (χ3v) is 8.29. The largest absolute Gasteiger partial charge is 0.355 e. The van der Waals surface area contributed by atoms with Crippen molar-refractivity contribution >= 4 is 33.8 Å². The highest BCUT2D eigenvalue weighted by Crippen LogP contribution is 2.30. The van der Waals surface area contributed by atoms with Crippen molar-refractivity contribution in [1.82, 2.24) is 9.46 Å². The van der Waals surface area contributed by atoms with Gasteiger partial charge < -0.3 is 9.84 Å². The van der Waals surface area contributed by atoms with Crippen molar-refractivity contribution in [2.75, 3.05) is 18.4 Å². The van der Waals surface area contributed by atoms with Gasteiger partial charge in [-0.25, -0.2) is 12.8 Å². The van der Waals surface area contributed by atoms with E-state index in [1.165, 1.54) is 22.5 Å². The number of nitrogens with zero attached hydrogens (tertiary/aromatic N) is 2. The minimum Gasteiger partial charge on any atom is -0.355 e. The zero-order valence-corrected chi connectivity index (χ0v) is 20.5. The van der Waals surface area contributed by atoms with Gasteiger partial charge in [0.1, 0.15) is 11.5 Å². The number of amides is 1. The van der Waals surface area contributed by atoms with Gasteiger partial charge in [-0.2, -0.15) is 4.31 Å². The fourth-order valence-electron chi connectivity index (χ4n) is 4.25. The van der Waals surface area contributed by atoms with Crippen molar-refractivity contribution in [3.8, 4) is 0 Å². The molecule has 1 aliphatic rings. The van der Waals surface area contributed by atoms with Crippen LogP contribution in [0.3, 0.4) is 0 Å². The number of nitrogens with one attached hydrogen (secondary N) is 1. The maximum absolute atomic E-state index is 13.9. The summed E-state index contributed by atoms with van der Waals surface area (Å²) in [5.74, 6) is -0.763. The molecule has 184 valence electrons. The van der Waals surface area contributed by atoms with Crippen LogP contribution in [0.25, 0.3) is 12.2 Å². The standard InChI is InChI=1S/C26H28FN3O4S/c1-3-19-8-5-7-11-23(19)28-26(31)21-14-16-30(17-15-21)35(32,33)25-18(2)29-34-24(25)13-12-20-9-4-6-10-22(20)27/h4-13,21H,3,14-17H2,1-2H3,(H,28,31)/b13-12+. The topological polar surface area (TPSA) is 92.5 Å². The number of benzene rings is 2. The maximum atomic E-state index is 13.9. The molecular weight excluding hydrogens is 469 g/mol. The molecule has 2 heterocycles. The highest BCUT2D eigenvalue weighted by atomic mass is 32.2. The van der Waals surface area contributed by atoms with Gasteiger partial charge >= 0.3 is 0 Å². The molecule has 1 N–H and O–H groups in total. The van der Waals surface area contributed by atoms with Gasteiger partial charge in [0.2, 0.25) is 15.9 Å². The van der Waals surface area contributed by atoms with Crippen LogP contribution in [0, 0.1) is 18.7 Å². The molecule has 1 fully saturated rings. The number of piperidine rings is 1. The average molecular weight is 498 g/mol. The Morgan fingerprint density at radius 3 is 2.54 bits per heavy atom. The molecule has 1 aromatic heterocycles. The van der Waals surface area contributed by atoms with Crippen LogP contribution in [0.1, 0.15) is 42.3 Å². The van der Waals surface area contributed by atoms with Crippen LogP contribution in [-0.2, 0) is 21.2 Å². The number of para-hydroxylation sites is 1. The lowest BCUT2D eigenvalue weighted by Gasteiger charge is -2.30. The minimum absolute atomic E-state index is 0.0372. The lowest BCUT2D eigenvalue weighted by Crippen LogP contribution is -2.41. The quantitative estimate of drug-likeness (QED) is 0.502. The second kappa shape index (κ2) is 10.5. The SMILES string of the molecule is CCc1ccccc1NC(=O)C1CCN(S(=O)(=O)c2c(C)noc2/C=C/c2ccccc2F)CC1. The maximum Gasteiger partial charge on any atom is 0.248 e. The number of hydrogen-bond acceptors (Lipinski definition) is 5. The first-order valence-corrected chi connectivity index (χ1v) is 13.0. The fourth-order valence-corrected chi connectivity index (χ4v) is 5.97. The summed E-state index contributed by atoms with van der Waals surface area (Å²) in [4.78, 5) is 12.8. The molecule has 0 unspecified atom stereocenters. The first-order valence-electron chi connectivity index (χ1n) is 11.6. The van der Waals surface area contributed by atoms with E-state index in [2.05, 4.69) is 10.5 Å². The Hall–Kier alpha value is -3.30. The van der Waals surface area contributed by atoms with Gasteiger partial charge in [0.15, 0.2) is 10.7 Å². The van der Waals surface area contributed by atoms with Crippen molar-refractivity contribution in [2.45, 2.75) is 38.0 Å². The van der Waals surface area contributed by atoms with Crippen LogP contribution >= 0.6 is 0 Å². The first-order chi connectivity index (χ1) is 16.8. The summed E-state index contributed by atoms with van der Waals surface area (Å²) >= 11 is 0. The zero-order valence-electron chi connectivity index (χ0n) is 19.7. The Bertz CT molecular complexity index is 1340. The number of hydrogen-bond donors (Lipinski definition) is 1. The highest BCUT2D eigenvalue weighted by molar-refractivity contribution is 7.89. The van der Waals surface area contributed by atoms with E-state index in [9.17, 15) is 17.6 Å². The molecule has 0 bridgehead atoms. The Balaban J connectivity index is 1.46. The number of carbonyl (C=O) groups is 1. The van der Waals surface area contributed by atoms with Gasteiger partial charge in [-0.3, -0.25) is 4.79 Å². The lowest BCUT2D eigenvalue weighted by atomic mass is 9.97. The Kier molecular flexibility index (Phi) is 7.47. The molecule has 7 nitrogen and oxygen atoms in total. The van der Waals surface area contributed by atoms with Gasteiger partial charge in [0.25, 0.3) is 0 Å². The number of carbonyl (C=O) groups excluding carboxylic acids is 1. The van der Waals surface area contributed by atoms with Crippen molar-refractivity contribution in [3.63, 3.8) is 0 Å². The third kappa shape index (κ3) is 5.36. The summed E-state index contributed by atoms with van der Waals surface area (Å²) in [5.41, 5.74) is 2.39. The molecule has 0 saturated carbocycles. The molecule has 0 spiro atoms. The average Bonchev–Trinajstić information content (AvgIpc) is 3.25. The van der Waals surface area contributed by atoms with Crippen LogP contribution in [-0.4, -0.2) is 36.9 Å². The summed E-state index contributed by atoms with van der Waals surface area (Å²) in [7, 11) is -3.91. The summed E-state index contributed by atoms with van der Waals surface area (Å²) in [6, 6.07) is 13.8. The van der Waals surface area contributed by atoms with Gasteiger partial charge in [-0.1, -0.05) is 48.5 Å². The highest BCUT2D eigenvalue weighted by Gasteiger charge is 2.36. The molecule has 1 saturated heterocycles. The number of sulfonamides is 1. The molecule has 35 heavy (non-hydrogen) atoms. The number of halogens is 1. The van der Waals surface area contributed by atoms with E-state index in [1.54, 1.807) is 25.1 Å². The second-order valence-corrected chi connectivity index (χ2v) is 10.4. The summed E-state index contributed by atoms with van der Waals surface area (Å²) < 4.78 is 47.4. The zero-order chi connectivity index (χ0) is 25.0. The van der Waals surface area contributed by atoms with Crippen molar-refractivity contribution in [2.24, 2.45) is 5.92 Å². The Labute approximate surface area is 204 Å². The predicted molar refractivity (Wildman–Crippen MR) is 133 cm³/mol. The van der Waals surface area contributed by atoms with Crippen molar-refractivity contribution < 1.29 is 22.1 Å². The smallest absolute Gasteiger partial charge is 0.248 e. The molecule has 2 aromatic carbocycles. The Morgan fingerprint density at radius 1 is 1.14 bits per heavy atom. The molecule has 1 aliphatic heterocycles. The number of rotatable bonds is 7. The molecule has 3 aromatic rings. The number of anilines is 1. The van der Waals surface area contributed by atoms with Gasteiger partial charge in [0.05, 0.1) is 0 Å². The van der Waals surface area contributed by atoms with Crippen LogP contribution in [0.4, 0.5) is 10.1 Å². The van der Waals surface area contributed by atoms with E-state index in [-0.39, 0.29) is 41.3 Å². The van der Waals surface area contributed by atoms with Crippen LogP contribution in [0.5, 0.6) is 0 Å². The predicted octanol–water partition coefficient (Wildman–Crippen LogP) is 4.89. The summed E-state index contributed by atoms with van der Waals surface area (Å²) in [6.07, 6.45) is 4.49. The monoisotopic (exact) mass is 497 g/mol. The van der Waals surface area contributed by atoms with E-state index in [0.717, 1.165) is 17.7 Å². The fraction of sp³-hybridized carbons (Fsp3) is 0.308. The second-order valence-electron chi connectivity index (χ2n) is 8.49. The van der Waals surface area contributed by atoms with Gasteiger partial charge in [0, 0.05) is 30.3 Å². The van der Waals surface area contributed by atoms with Crippen LogP contribution in [0.2, 0.25) is 0 Å². The molecule has 0 radical (unpaired) electrons. The van der Waals surface area contributed by atoms with E-state index >= 15 is 0 Å². The van der Waals surface area contributed by atoms with E-state index in [1.807, 2.05) is 31.2 Å². The number of aryl methyl sites for hydroxylation is 2. The molecule has 1 amide bonds. The third-order valence-electron chi connectivity index (χ3n) is 6.23. The van der Waals surface area contributed by atoms with Gasteiger partial charge in [-0.05, 0) is 56.0 Å². The molecule has 4 rings (SSSR count). The molecule has 9 heteroatoms. The lowest BCUT2D eigenvalue weighted by molar-refractivity contribution is -0.120. The number of aromatic nitrogens is 1. The summed E-state index contributed by atoms with van der Waals surface area (Å²) in [5, 5.41) is 6.82. The molecule has 0 atom stereocenters. The van der Waals surface area contributed by atoms with Crippen LogP contribution < -0.4 is 5.32 Å². The van der Waals surface area contributed by atoms with Crippen molar-refractivity contribution in [3.05, 3.63) is 76.9 Å². The Morgan fingerprint density at radius 2 is 1.83 bits per heavy atom. The van der Waals surface area contributed by atoms with E-state index in [0.29, 0.717) is 18.4 Å². The van der Waals surface area contributed by atoms with E-state index < -0.39 is 15.8 Å². The molecule has 0 aliphatic carbocycles. The minimum atomic E-state index is -3.91. The normalized spacial score (nSPS) is 15.5. The van der Waals surface area contributed by atoms with Crippen LogP contribution in [0.15, 0.2) is 57.9 Å². The molecular formula is C26H28FN3O4S. The van der Waals surface area contributed by atoms with Gasteiger partial charge in [-0.15, -0.1) is 0 Å². The first kappa shape index (κ1) is 24.8. The van der Waals surface area contributed by atoms with E-state index in [4.69, 9.17) is 4.52 Å². The van der Waals surface area contributed by atoms with Crippen molar-refractivity contribution in [1.29, 1.82) is 0 Å².